The van der Waals surface area contributed by atoms with Crippen LogP contribution in [0.4, 0.5) is 17.5 Å². The Balaban J connectivity index is 1.36. The maximum absolute atomic E-state index is 11.5. The number of rotatable bonds is 7. The van der Waals surface area contributed by atoms with Crippen LogP contribution in [0, 0.1) is 0 Å². The van der Waals surface area contributed by atoms with Crippen LogP contribution in [-0.4, -0.2) is 34.6 Å². The molecule has 146 valence electrons. The maximum atomic E-state index is 11.5. The van der Waals surface area contributed by atoms with E-state index in [2.05, 4.69) is 43.9 Å². The molecule has 29 heavy (non-hydrogen) atoms. The highest BCUT2D eigenvalue weighted by molar-refractivity contribution is 5.89. The molecular formula is C22H21N5O2. The molecular weight excluding hydrogens is 366 g/mol. The predicted molar refractivity (Wildman–Crippen MR) is 114 cm³/mol. The van der Waals surface area contributed by atoms with E-state index in [9.17, 15) is 4.79 Å². The number of nitrogens with one attached hydrogen (secondary N) is 3. The van der Waals surface area contributed by atoms with Gasteiger partial charge in [0.05, 0.1) is 12.7 Å². The van der Waals surface area contributed by atoms with Crippen molar-refractivity contribution in [1.29, 1.82) is 0 Å². The van der Waals surface area contributed by atoms with Gasteiger partial charge in [-0.3, -0.25) is 0 Å². The van der Waals surface area contributed by atoms with E-state index in [1.54, 1.807) is 30.5 Å². The second kappa shape index (κ2) is 8.43. The van der Waals surface area contributed by atoms with Gasteiger partial charge in [0.15, 0.2) is 0 Å². The largest absolute Gasteiger partial charge is 0.465 e. The van der Waals surface area contributed by atoms with Gasteiger partial charge in [-0.25, -0.2) is 9.78 Å². The van der Waals surface area contributed by atoms with Gasteiger partial charge in [-0.15, -0.1) is 0 Å². The molecule has 2 aromatic carbocycles. The average Bonchev–Trinajstić information content (AvgIpc) is 3.17. The minimum absolute atomic E-state index is 0.366. The van der Waals surface area contributed by atoms with Crippen LogP contribution in [0.15, 0.2) is 67.0 Å². The van der Waals surface area contributed by atoms with Crippen molar-refractivity contribution >= 4 is 34.3 Å². The number of hydrogen-bond acceptors (Lipinski definition) is 6. The van der Waals surface area contributed by atoms with E-state index in [0.717, 1.165) is 30.0 Å². The second-order valence-electron chi connectivity index (χ2n) is 6.50. The highest BCUT2D eigenvalue weighted by Gasteiger charge is 2.06. The molecule has 0 fully saturated rings. The summed E-state index contributed by atoms with van der Waals surface area (Å²) < 4.78 is 4.70. The Morgan fingerprint density at radius 2 is 1.93 bits per heavy atom. The summed E-state index contributed by atoms with van der Waals surface area (Å²) in [5.74, 6) is 0.857. The molecule has 0 bridgehead atoms. The number of esters is 1. The van der Waals surface area contributed by atoms with Crippen LogP contribution in [0.1, 0.15) is 15.9 Å². The molecule has 2 heterocycles. The van der Waals surface area contributed by atoms with E-state index in [1.807, 2.05) is 18.2 Å². The number of fused-ring (bicyclic) bond motifs is 1. The molecule has 0 aliphatic carbocycles. The van der Waals surface area contributed by atoms with Crippen LogP contribution in [-0.2, 0) is 11.2 Å². The summed E-state index contributed by atoms with van der Waals surface area (Å²) in [7, 11) is 1.36. The van der Waals surface area contributed by atoms with Crippen molar-refractivity contribution in [2.45, 2.75) is 6.42 Å². The number of nitrogens with zero attached hydrogens (tertiary/aromatic N) is 2. The van der Waals surface area contributed by atoms with Crippen LogP contribution >= 0.6 is 0 Å². The SMILES string of the molecule is COC(=O)c1ccc(Nc2nccc(NCCc3c[nH]c4ccccc34)n2)cc1. The lowest BCUT2D eigenvalue weighted by atomic mass is 10.1. The van der Waals surface area contributed by atoms with Gasteiger partial charge in [0.25, 0.3) is 0 Å². The van der Waals surface area contributed by atoms with Crippen LogP contribution in [0.5, 0.6) is 0 Å². The first-order valence-electron chi connectivity index (χ1n) is 9.30. The number of hydrogen-bond donors (Lipinski definition) is 3. The first-order chi connectivity index (χ1) is 14.2. The van der Waals surface area contributed by atoms with Crippen molar-refractivity contribution in [3.8, 4) is 0 Å². The maximum Gasteiger partial charge on any atom is 0.337 e. The van der Waals surface area contributed by atoms with Crippen molar-refractivity contribution in [1.82, 2.24) is 15.0 Å². The normalized spacial score (nSPS) is 10.7. The van der Waals surface area contributed by atoms with E-state index in [-0.39, 0.29) is 5.97 Å². The smallest absolute Gasteiger partial charge is 0.337 e. The summed E-state index contributed by atoms with van der Waals surface area (Å²) >= 11 is 0. The molecule has 4 aromatic rings. The number of benzene rings is 2. The minimum Gasteiger partial charge on any atom is -0.465 e. The Labute approximate surface area is 168 Å². The van der Waals surface area contributed by atoms with Crippen molar-refractivity contribution < 1.29 is 9.53 Å². The molecule has 2 aromatic heterocycles. The fourth-order valence-corrected chi connectivity index (χ4v) is 3.12. The second-order valence-corrected chi connectivity index (χ2v) is 6.50. The van der Waals surface area contributed by atoms with E-state index < -0.39 is 0 Å². The number of para-hydroxylation sites is 1. The predicted octanol–water partition coefficient (Wildman–Crippen LogP) is 4.14. The Kier molecular flexibility index (Phi) is 5.38. The Morgan fingerprint density at radius 1 is 1.10 bits per heavy atom. The molecule has 0 amide bonds. The van der Waals surface area contributed by atoms with Gasteiger partial charge in [-0.05, 0) is 48.4 Å². The van der Waals surface area contributed by atoms with Crippen LogP contribution in [0.25, 0.3) is 10.9 Å². The molecule has 0 spiro atoms. The van der Waals surface area contributed by atoms with Gasteiger partial charge < -0.3 is 20.4 Å². The van der Waals surface area contributed by atoms with Crippen LogP contribution < -0.4 is 10.6 Å². The van der Waals surface area contributed by atoms with Gasteiger partial charge in [0, 0.05) is 35.5 Å². The van der Waals surface area contributed by atoms with Crippen LogP contribution in [0.3, 0.4) is 0 Å². The van der Waals surface area contributed by atoms with Crippen molar-refractivity contribution in [2.24, 2.45) is 0 Å². The third kappa shape index (κ3) is 4.35. The zero-order valence-corrected chi connectivity index (χ0v) is 16.0. The molecule has 0 aliphatic rings. The summed E-state index contributed by atoms with van der Waals surface area (Å²) in [6.45, 7) is 0.756. The number of aromatic amines is 1. The summed E-state index contributed by atoms with van der Waals surface area (Å²) in [6, 6.07) is 17.1. The van der Waals surface area contributed by atoms with E-state index >= 15 is 0 Å². The Bertz CT molecular complexity index is 1120. The molecule has 0 radical (unpaired) electrons. The lowest BCUT2D eigenvalue weighted by Crippen LogP contribution is -2.07. The van der Waals surface area contributed by atoms with Crippen molar-refractivity contribution in [3.63, 3.8) is 0 Å². The van der Waals surface area contributed by atoms with Gasteiger partial charge in [-0.2, -0.15) is 4.98 Å². The molecule has 0 saturated heterocycles. The van der Waals surface area contributed by atoms with Crippen molar-refractivity contribution in [2.75, 3.05) is 24.3 Å². The minimum atomic E-state index is -0.366. The van der Waals surface area contributed by atoms with Gasteiger partial charge in [0.1, 0.15) is 5.82 Å². The first-order valence-corrected chi connectivity index (χ1v) is 9.30. The molecule has 0 unspecified atom stereocenters. The molecule has 0 saturated carbocycles. The van der Waals surface area contributed by atoms with E-state index in [4.69, 9.17) is 4.74 Å². The fraction of sp³-hybridized carbons (Fsp3) is 0.136. The number of anilines is 3. The average molecular weight is 387 g/mol. The molecule has 7 nitrogen and oxygen atoms in total. The highest BCUT2D eigenvalue weighted by Crippen LogP contribution is 2.19. The highest BCUT2D eigenvalue weighted by atomic mass is 16.5. The fourth-order valence-electron chi connectivity index (χ4n) is 3.12. The van der Waals surface area contributed by atoms with Gasteiger partial charge in [0.2, 0.25) is 5.95 Å². The number of carbonyl (C=O) groups is 1. The van der Waals surface area contributed by atoms with Gasteiger partial charge >= 0.3 is 5.97 Å². The summed E-state index contributed by atoms with van der Waals surface area (Å²) in [5, 5.41) is 7.72. The Morgan fingerprint density at radius 3 is 2.76 bits per heavy atom. The Hall–Kier alpha value is -3.87. The quantitative estimate of drug-likeness (QED) is 0.413. The van der Waals surface area contributed by atoms with Crippen molar-refractivity contribution in [3.05, 3.63) is 78.1 Å². The summed E-state index contributed by atoms with van der Waals surface area (Å²) in [5.41, 5.74) is 3.70. The van der Waals surface area contributed by atoms with E-state index in [1.165, 1.54) is 18.1 Å². The monoisotopic (exact) mass is 387 g/mol. The third-order valence-corrected chi connectivity index (χ3v) is 4.59. The lowest BCUT2D eigenvalue weighted by Gasteiger charge is -2.09. The zero-order valence-electron chi connectivity index (χ0n) is 16.0. The lowest BCUT2D eigenvalue weighted by molar-refractivity contribution is 0.0601. The number of H-pyrrole nitrogens is 1. The first kappa shape index (κ1) is 18.5. The topological polar surface area (TPSA) is 91.9 Å². The van der Waals surface area contributed by atoms with Gasteiger partial charge in [-0.1, -0.05) is 18.2 Å². The standard InChI is InChI=1S/C22H21N5O2/c1-29-21(28)15-6-8-17(9-7-15)26-22-24-13-11-20(27-22)23-12-10-16-14-25-19-5-3-2-4-18(16)19/h2-9,11,13-14,25H,10,12H2,1H3,(H2,23,24,26,27). The van der Waals surface area contributed by atoms with E-state index in [0.29, 0.717) is 11.5 Å². The zero-order chi connectivity index (χ0) is 20.1. The number of methoxy groups -OCH3 is 1. The number of aromatic nitrogens is 3. The number of ether oxygens (including phenoxy) is 1. The molecule has 4 rings (SSSR count). The number of carbonyl (C=O) groups excluding carboxylic acids is 1. The van der Waals surface area contributed by atoms with Crippen LogP contribution in [0.2, 0.25) is 0 Å². The molecule has 7 heteroatoms. The molecule has 3 N–H and O–H groups in total. The third-order valence-electron chi connectivity index (χ3n) is 4.59. The summed E-state index contributed by atoms with van der Waals surface area (Å²) in [6.07, 6.45) is 4.63. The molecule has 0 atom stereocenters. The summed E-state index contributed by atoms with van der Waals surface area (Å²) in [4.78, 5) is 23.5. The molecule has 0 aliphatic heterocycles.